The number of rotatable bonds is 2. The molecule has 0 aromatic carbocycles. The van der Waals surface area contributed by atoms with Gasteiger partial charge in [0.2, 0.25) is 0 Å². The highest BCUT2D eigenvalue weighted by molar-refractivity contribution is 5.93. The Bertz CT molecular complexity index is 792. The van der Waals surface area contributed by atoms with Crippen LogP contribution in [-0.2, 0) is 28.6 Å². The Hall–Kier alpha value is -2.25. The van der Waals surface area contributed by atoms with Gasteiger partial charge in [-0.3, -0.25) is 4.79 Å². The van der Waals surface area contributed by atoms with Gasteiger partial charge < -0.3 is 19.3 Å². The molecular formula is C20H24O7. The summed E-state index contributed by atoms with van der Waals surface area (Å²) >= 11 is 0. The zero-order valence-electron chi connectivity index (χ0n) is 15.9. The molecule has 0 amide bonds. The maximum Gasteiger partial charge on any atom is 0.334 e. The molecule has 3 rings (SSSR count). The van der Waals surface area contributed by atoms with E-state index >= 15 is 0 Å². The van der Waals surface area contributed by atoms with E-state index in [1.54, 1.807) is 39.8 Å². The Balaban J connectivity index is 2.08. The normalized spacial score (nSPS) is 41.1. The van der Waals surface area contributed by atoms with E-state index < -0.39 is 41.5 Å². The van der Waals surface area contributed by atoms with Crippen molar-refractivity contribution in [2.75, 3.05) is 0 Å². The van der Waals surface area contributed by atoms with Crippen LogP contribution < -0.4 is 0 Å². The van der Waals surface area contributed by atoms with E-state index in [0.717, 1.165) is 0 Å². The fraction of sp³-hybridized carbons (Fsp3) is 0.550. The second-order valence-electron chi connectivity index (χ2n) is 7.61. The average Bonchev–Trinajstić information content (AvgIpc) is 2.99. The van der Waals surface area contributed by atoms with E-state index in [4.69, 9.17) is 14.2 Å². The highest BCUT2D eigenvalue weighted by Crippen LogP contribution is 2.46. The molecule has 7 nitrogen and oxygen atoms in total. The van der Waals surface area contributed by atoms with Crippen LogP contribution in [0.3, 0.4) is 0 Å². The standard InChI is InChI=1S/C20H24O7/c1-6-10(2)17(22)26-14-8-19(5)15(21)9-20(24,27-19)11(3)7-13-16(14)12(4)18(23)25-13/h6-7,13-14,16,24H,4,8-9H2,1-3,5H3/b10-6-,11-7-/t13-,14-,16+,19-,20-/m1/s1. The van der Waals surface area contributed by atoms with Crippen LogP contribution in [0.2, 0.25) is 0 Å². The van der Waals surface area contributed by atoms with Gasteiger partial charge in [-0.25, -0.2) is 9.59 Å². The number of ketones is 1. The van der Waals surface area contributed by atoms with Crippen molar-refractivity contribution in [3.05, 3.63) is 35.5 Å². The molecule has 2 bridgehead atoms. The second-order valence-corrected chi connectivity index (χ2v) is 7.61. The Morgan fingerprint density at radius 1 is 1.44 bits per heavy atom. The number of carbonyl (C=O) groups is 3. The van der Waals surface area contributed by atoms with Gasteiger partial charge in [-0.15, -0.1) is 0 Å². The highest BCUT2D eigenvalue weighted by Gasteiger charge is 2.58. The number of esters is 2. The van der Waals surface area contributed by atoms with Crippen LogP contribution in [0.1, 0.15) is 40.5 Å². The topological polar surface area (TPSA) is 99.1 Å². The van der Waals surface area contributed by atoms with Gasteiger partial charge in [0.1, 0.15) is 17.8 Å². The molecule has 146 valence electrons. The third-order valence-electron chi connectivity index (χ3n) is 5.68. The number of aliphatic hydroxyl groups is 1. The summed E-state index contributed by atoms with van der Waals surface area (Å²) in [6.45, 7) is 10.3. The third kappa shape index (κ3) is 3.15. The first-order valence-corrected chi connectivity index (χ1v) is 8.89. The van der Waals surface area contributed by atoms with Crippen molar-refractivity contribution in [3.8, 4) is 0 Å². The summed E-state index contributed by atoms with van der Waals surface area (Å²) in [7, 11) is 0. The minimum atomic E-state index is -1.77. The number of Topliss-reactive ketones (excluding diaryl/α,β-unsaturated/α-hetero) is 1. The van der Waals surface area contributed by atoms with Crippen molar-refractivity contribution >= 4 is 17.7 Å². The number of allylic oxidation sites excluding steroid dienone is 1. The largest absolute Gasteiger partial charge is 0.458 e. The first-order valence-electron chi connectivity index (χ1n) is 8.89. The predicted molar refractivity (Wildman–Crippen MR) is 94.3 cm³/mol. The summed E-state index contributed by atoms with van der Waals surface area (Å²) in [6.07, 6.45) is 1.28. The zero-order valence-corrected chi connectivity index (χ0v) is 15.9. The van der Waals surface area contributed by atoms with Crippen LogP contribution in [0.25, 0.3) is 0 Å². The molecule has 0 radical (unpaired) electrons. The molecule has 0 aromatic heterocycles. The Kier molecular flexibility index (Phi) is 4.64. The lowest BCUT2D eigenvalue weighted by atomic mass is 9.81. The van der Waals surface area contributed by atoms with Crippen molar-refractivity contribution in [3.63, 3.8) is 0 Å². The van der Waals surface area contributed by atoms with E-state index in [1.165, 1.54) is 0 Å². The molecule has 5 atom stereocenters. The SMILES string of the molecule is C=C1C(=O)O[C@@H]2/C=C(/C)[C@@]3(O)CC(=O)[C@@](C)(C[C@@H](OC(=O)/C(C)=C\C)[C@@H]12)O3. The predicted octanol–water partition coefficient (Wildman–Crippen LogP) is 1.75. The van der Waals surface area contributed by atoms with Crippen LogP contribution in [-0.4, -0.2) is 46.4 Å². The molecule has 0 aromatic rings. The second kappa shape index (κ2) is 6.42. The summed E-state index contributed by atoms with van der Waals surface area (Å²) in [5.74, 6) is -3.88. The molecule has 3 heterocycles. The molecule has 0 unspecified atom stereocenters. The van der Waals surface area contributed by atoms with E-state index in [0.29, 0.717) is 11.1 Å². The van der Waals surface area contributed by atoms with Crippen LogP contribution in [0, 0.1) is 5.92 Å². The maximum atomic E-state index is 12.6. The summed E-state index contributed by atoms with van der Waals surface area (Å²) in [6, 6.07) is 0. The molecule has 7 heteroatoms. The van der Waals surface area contributed by atoms with Gasteiger partial charge in [-0.05, 0) is 39.3 Å². The van der Waals surface area contributed by atoms with Gasteiger partial charge in [-0.2, -0.15) is 0 Å². The van der Waals surface area contributed by atoms with Crippen molar-refractivity contribution in [2.24, 2.45) is 5.92 Å². The number of hydrogen-bond donors (Lipinski definition) is 1. The fourth-order valence-electron chi connectivity index (χ4n) is 3.78. The van der Waals surface area contributed by atoms with E-state index in [2.05, 4.69) is 6.58 Å². The molecule has 0 aliphatic carbocycles. The average molecular weight is 376 g/mol. The highest BCUT2D eigenvalue weighted by atomic mass is 16.7. The monoisotopic (exact) mass is 376 g/mol. The van der Waals surface area contributed by atoms with E-state index in [9.17, 15) is 19.5 Å². The number of ether oxygens (including phenoxy) is 3. The van der Waals surface area contributed by atoms with Crippen molar-refractivity contribution < 1.29 is 33.7 Å². The van der Waals surface area contributed by atoms with Crippen LogP contribution in [0.15, 0.2) is 35.5 Å². The van der Waals surface area contributed by atoms with Crippen LogP contribution >= 0.6 is 0 Å². The van der Waals surface area contributed by atoms with Gasteiger partial charge >= 0.3 is 11.9 Å². The summed E-state index contributed by atoms with van der Waals surface area (Å²) in [4.78, 5) is 37.1. The van der Waals surface area contributed by atoms with Crippen LogP contribution in [0.5, 0.6) is 0 Å². The molecule has 3 aliphatic heterocycles. The summed E-state index contributed by atoms with van der Waals surface area (Å²) in [5, 5.41) is 10.8. The maximum absolute atomic E-state index is 12.6. The van der Waals surface area contributed by atoms with Gasteiger partial charge in [0.15, 0.2) is 11.6 Å². The lowest BCUT2D eigenvalue weighted by Gasteiger charge is -2.32. The van der Waals surface area contributed by atoms with E-state index in [1.807, 2.05) is 0 Å². The number of carbonyl (C=O) groups excluding carboxylic acids is 3. The first-order chi connectivity index (χ1) is 12.5. The van der Waals surface area contributed by atoms with Crippen molar-refractivity contribution in [1.82, 2.24) is 0 Å². The molecular weight excluding hydrogens is 352 g/mol. The number of fused-ring (bicyclic) bond motifs is 3. The quantitative estimate of drug-likeness (QED) is 0.445. The third-order valence-corrected chi connectivity index (χ3v) is 5.68. The van der Waals surface area contributed by atoms with Gasteiger partial charge in [-0.1, -0.05) is 12.7 Å². The lowest BCUT2D eigenvalue weighted by Crippen LogP contribution is -2.43. The number of hydrogen-bond acceptors (Lipinski definition) is 7. The lowest BCUT2D eigenvalue weighted by molar-refractivity contribution is -0.202. The molecule has 2 saturated heterocycles. The molecule has 27 heavy (non-hydrogen) atoms. The molecule has 0 spiro atoms. The molecule has 1 N–H and O–H groups in total. The van der Waals surface area contributed by atoms with Crippen LogP contribution in [0.4, 0.5) is 0 Å². The Morgan fingerprint density at radius 2 is 2.11 bits per heavy atom. The first kappa shape index (κ1) is 19.5. The van der Waals surface area contributed by atoms with Crippen molar-refractivity contribution in [1.29, 1.82) is 0 Å². The minimum Gasteiger partial charge on any atom is -0.458 e. The summed E-state index contributed by atoms with van der Waals surface area (Å²) in [5.41, 5.74) is -0.428. The molecule has 2 fully saturated rings. The fourth-order valence-corrected chi connectivity index (χ4v) is 3.78. The van der Waals surface area contributed by atoms with Crippen molar-refractivity contribution in [2.45, 2.75) is 64.1 Å². The summed E-state index contributed by atoms with van der Waals surface area (Å²) < 4.78 is 16.8. The van der Waals surface area contributed by atoms with Gasteiger partial charge in [0.25, 0.3) is 0 Å². The minimum absolute atomic E-state index is 0.0190. The van der Waals surface area contributed by atoms with E-state index in [-0.39, 0.29) is 24.2 Å². The van der Waals surface area contributed by atoms with Gasteiger partial charge in [0, 0.05) is 17.6 Å². The molecule has 3 aliphatic rings. The molecule has 0 saturated carbocycles. The smallest absolute Gasteiger partial charge is 0.334 e. The Morgan fingerprint density at radius 3 is 2.74 bits per heavy atom. The zero-order chi connectivity index (χ0) is 20.1. The van der Waals surface area contributed by atoms with Gasteiger partial charge in [0.05, 0.1) is 12.3 Å². The Labute approximate surface area is 157 Å².